The van der Waals surface area contributed by atoms with Gasteiger partial charge in [-0.3, -0.25) is 4.79 Å². The van der Waals surface area contributed by atoms with E-state index in [2.05, 4.69) is 45.1 Å². The molecule has 1 aromatic carbocycles. The summed E-state index contributed by atoms with van der Waals surface area (Å²) in [5.41, 5.74) is 2.48. The Labute approximate surface area is 140 Å². The smallest absolute Gasteiger partial charge is 0.252 e. The van der Waals surface area contributed by atoms with E-state index in [1.165, 1.54) is 5.56 Å². The molecule has 0 N–H and O–H groups in total. The minimum Gasteiger partial charge on any atom is -0.352 e. The average Bonchev–Trinajstić information content (AvgIpc) is 2.97. The van der Waals surface area contributed by atoms with E-state index in [1.54, 1.807) is 11.1 Å². The van der Waals surface area contributed by atoms with Crippen molar-refractivity contribution in [2.24, 2.45) is 0 Å². The molecule has 3 heterocycles. The number of carbonyl (C=O) groups is 1. The van der Waals surface area contributed by atoms with Gasteiger partial charge in [-0.1, -0.05) is 18.2 Å². The van der Waals surface area contributed by atoms with Gasteiger partial charge in [0.15, 0.2) is 5.82 Å². The Morgan fingerprint density at radius 1 is 1.17 bits per heavy atom. The molecule has 1 amide bonds. The molecule has 7 heteroatoms. The molecule has 4 rings (SSSR count). The van der Waals surface area contributed by atoms with E-state index in [1.807, 2.05) is 6.07 Å². The number of hydrogen-bond acceptors (Lipinski definition) is 6. The number of nitrogens with zero attached hydrogens (tertiary/aromatic N) is 6. The van der Waals surface area contributed by atoms with Crippen molar-refractivity contribution in [3.05, 3.63) is 36.0 Å². The number of piperazine rings is 1. The lowest BCUT2D eigenvalue weighted by Crippen LogP contribution is -2.46. The second-order valence-corrected chi connectivity index (χ2v) is 6.29. The number of hydrogen-bond donors (Lipinski definition) is 0. The SMILES string of the molecule is CC1Cc2ccccc2N1c1nncc(N2CCN(C=O)CC2)n1. The van der Waals surface area contributed by atoms with Crippen LogP contribution in [0.15, 0.2) is 30.5 Å². The predicted octanol–water partition coefficient (Wildman–Crippen LogP) is 1.23. The van der Waals surface area contributed by atoms with Gasteiger partial charge in [0.05, 0.1) is 6.20 Å². The van der Waals surface area contributed by atoms with Gasteiger partial charge < -0.3 is 14.7 Å². The van der Waals surface area contributed by atoms with Gasteiger partial charge in [0.25, 0.3) is 5.95 Å². The number of rotatable bonds is 3. The highest BCUT2D eigenvalue weighted by atomic mass is 16.1. The first kappa shape index (κ1) is 14.9. The van der Waals surface area contributed by atoms with Gasteiger partial charge in [0.1, 0.15) is 0 Å². The first-order valence-electron chi connectivity index (χ1n) is 8.27. The number of amides is 1. The maximum atomic E-state index is 10.8. The first-order valence-corrected chi connectivity index (χ1v) is 8.27. The van der Waals surface area contributed by atoms with Crippen LogP contribution in [0.5, 0.6) is 0 Å². The highest BCUT2D eigenvalue weighted by Crippen LogP contribution is 2.36. The van der Waals surface area contributed by atoms with Crippen LogP contribution < -0.4 is 9.80 Å². The summed E-state index contributed by atoms with van der Waals surface area (Å²) < 4.78 is 0. The zero-order valence-electron chi connectivity index (χ0n) is 13.7. The molecule has 124 valence electrons. The van der Waals surface area contributed by atoms with Crippen molar-refractivity contribution in [2.45, 2.75) is 19.4 Å². The Hall–Kier alpha value is -2.70. The van der Waals surface area contributed by atoms with Crippen molar-refractivity contribution in [1.82, 2.24) is 20.1 Å². The third-order valence-electron chi connectivity index (χ3n) is 4.74. The summed E-state index contributed by atoms with van der Waals surface area (Å²) in [6.07, 6.45) is 3.60. The Kier molecular flexibility index (Phi) is 3.76. The van der Waals surface area contributed by atoms with Gasteiger partial charge in [0, 0.05) is 37.9 Å². The highest BCUT2D eigenvalue weighted by Gasteiger charge is 2.29. The van der Waals surface area contributed by atoms with Gasteiger partial charge in [-0.05, 0) is 25.0 Å². The summed E-state index contributed by atoms with van der Waals surface area (Å²) in [6, 6.07) is 8.68. The van der Waals surface area contributed by atoms with Crippen molar-refractivity contribution in [1.29, 1.82) is 0 Å². The highest BCUT2D eigenvalue weighted by molar-refractivity contribution is 5.67. The van der Waals surface area contributed by atoms with Crippen LogP contribution in [0.4, 0.5) is 17.5 Å². The molecule has 1 aromatic heterocycles. The largest absolute Gasteiger partial charge is 0.352 e. The molecule has 7 nitrogen and oxygen atoms in total. The van der Waals surface area contributed by atoms with Crippen LogP contribution in [0.25, 0.3) is 0 Å². The maximum absolute atomic E-state index is 10.8. The predicted molar refractivity (Wildman–Crippen MR) is 91.4 cm³/mol. The number of carbonyl (C=O) groups excluding carboxylic acids is 1. The van der Waals surface area contributed by atoms with Crippen molar-refractivity contribution < 1.29 is 4.79 Å². The number of anilines is 3. The summed E-state index contributed by atoms with van der Waals surface area (Å²) in [5, 5.41) is 8.44. The van der Waals surface area contributed by atoms with E-state index in [9.17, 15) is 4.79 Å². The Morgan fingerprint density at radius 2 is 1.96 bits per heavy atom. The molecule has 2 aromatic rings. The number of fused-ring (bicyclic) bond motifs is 1. The lowest BCUT2D eigenvalue weighted by Gasteiger charge is -2.33. The van der Waals surface area contributed by atoms with Crippen LogP contribution in [0.2, 0.25) is 0 Å². The molecule has 0 radical (unpaired) electrons. The van der Waals surface area contributed by atoms with Gasteiger partial charge in [-0.25, -0.2) is 0 Å². The molecule has 2 aliphatic rings. The van der Waals surface area contributed by atoms with Crippen LogP contribution in [0.1, 0.15) is 12.5 Å². The topological polar surface area (TPSA) is 65.5 Å². The summed E-state index contributed by atoms with van der Waals surface area (Å²) in [6.45, 7) is 5.14. The molecule has 1 unspecified atom stereocenters. The quantitative estimate of drug-likeness (QED) is 0.791. The van der Waals surface area contributed by atoms with Gasteiger partial charge in [0.2, 0.25) is 6.41 Å². The fourth-order valence-corrected chi connectivity index (χ4v) is 3.47. The number of aromatic nitrogens is 3. The fourth-order valence-electron chi connectivity index (χ4n) is 3.47. The zero-order chi connectivity index (χ0) is 16.5. The van der Waals surface area contributed by atoms with E-state index >= 15 is 0 Å². The van der Waals surface area contributed by atoms with Crippen molar-refractivity contribution in [3.63, 3.8) is 0 Å². The number of benzene rings is 1. The maximum Gasteiger partial charge on any atom is 0.252 e. The van der Waals surface area contributed by atoms with Crippen LogP contribution in [0.3, 0.4) is 0 Å². The molecule has 1 saturated heterocycles. The Morgan fingerprint density at radius 3 is 2.75 bits per heavy atom. The fraction of sp³-hybridized carbons (Fsp3) is 0.412. The second kappa shape index (κ2) is 6.07. The summed E-state index contributed by atoms with van der Waals surface area (Å²) in [7, 11) is 0. The molecule has 0 spiro atoms. The van der Waals surface area contributed by atoms with Gasteiger partial charge >= 0.3 is 0 Å². The first-order chi connectivity index (χ1) is 11.8. The van der Waals surface area contributed by atoms with E-state index in [0.717, 1.165) is 37.4 Å². The second-order valence-electron chi connectivity index (χ2n) is 6.29. The van der Waals surface area contributed by atoms with Crippen LogP contribution in [-0.4, -0.2) is 58.7 Å². The minimum atomic E-state index is 0.311. The molecular weight excluding hydrogens is 304 g/mol. The summed E-state index contributed by atoms with van der Waals surface area (Å²) in [4.78, 5) is 21.7. The molecule has 1 atom stereocenters. The third kappa shape index (κ3) is 2.55. The van der Waals surface area contributed by atoms with Crippen LogP contribution in [-0.2, 0) is 11.2 Å². The molecule has 1 fully saturated rings. The monoisotopic (exact) mass is 324 g/mol. The zero-order valence-corrected chi connectivity index (χ0v) is 13.7. The molecule has 24 heavy (non-hydrogen) atoms. The van der Waals surface area contributed by atoms with E-state index in [0.29, 0.717) is 25.1 Å². The van der Waals surface area contributed by atoms with Crippen molar-refractivity contribution in [2.75, 3.05) is 36.0 Å². The summed E-state index contributed by atoms with van der Waals surface area (Å²) >= 11 is 0. The van der Waals surface area contributed by atoms with E-state index in [-0.39, 0.29) is 0 Å². The van der Waals surface area contributed by atoms with Gasteiger partial charge in [-0.15, -0.1) is 5.10 Å². The molecule has 0 bridgehead atoms. The summed E-state index contributed by atoms with van der Waals surface area (Å²) in [5.74, 6) is 1.46. The van der Waals surface area contributed by atoms with Gasteiger partial charge in [-0.2, -0.15) is 10.1 Å². The normalized spacial score (nSPS) is 20.2. The van der Waals surface area contributed by atoms with Crippen molar-refractivity contribution in [3.8, 4) is 0 Å². The molecule has 0 aliphatic carbocycles. The minimum absolute atomic E-state index is 0.311. The average molecular weight is 324 g/mol. The third-order valence-corrected chi connectivity index (χ3v) is 4.74. The Balaban J connectivity index is 1.61. The van der Waals surface area contributed by atoms with Crippen LogP contribution in [0, 0.1) is 0 Å². The lowest BCUT2D eigenvalue weighted by atomic mass is 10.1. The van der Waals surface area contributed by atoms with E-state index < -0.39 is 0 Å². The standard InChI is InChI=1S/C17H20N6O/c1-13-10-14-4-2-3-5-15(14)23(13)17-19-16(11-18-20-17)22-8-6-21(12-24)7-9-22/h2-5,11-13H,6-10H2,1H3. The van der Waals surface area contributed by atoms with E-state index in [4.69, 9.17) is 4.98 Å². The number of para-hydroxylation sites is 1. The molecular formula is C17H20N6O. The van der Waals surface area contributed by atoms with Crippen LogP contribution >= 0.6 is 0 Å². The molecule has 0 saturated carbocycles. The lowest BCUT2D eigenvalue weighted by molar-refractivity contribution is -0.118. The Bertz CT molecular complexity index is 743. The van der Waals surface area contributed by atoms with Crippen molar-refractivity contribution >= 4 is 23.9 Å². The molecule has 2 aliphatic heterocycles.